The Morgan fingerprint density at radius 2 is 1.76 bits per heavy atom. The van der Waals surface area contributed by atoms with Crippen molar-refractivity contribution in [2.24, 2.45) is 0 Å². The maximum absolute atomic E-state index is 13.1. The average Bonchev–Trinajstić information content (AvgIpc) is 3.31. The predicted octanol–water partition coefficient (Wildman–Crippen LogP) is 4.58. The van der Waals surface area contributed by atoms with Gasteiger partial charge in [0.15, 0.2) is 11.5 Å². The summed E-state index contributed by atoms with van der Waals surface area (Å²) >= 11 is 0. The van der Waals surface area contributed by atoms with E-state index in [2.05, 4.69) is 10.6 Å². The molecule has 8 heteroatoms. The number of esters is 1. The molecular formula is C26H22N2O6. The van der Waals surface area contributed by atoms with E-state index < -0.39 is 18.0 Å². The van der Waals surface area contributed by atoms with E-state index in [1.807, 2.05) is 54.6 Å². The number of hydrogen-bond acceptors (Lipinski definition) is 6. The fourth-order valence-electron chi connectivity index (χ4n) is 3.85. The highest BCUT2D eigenvalue weighted by Gasteiger charge is 2.32. The third-order valence-corrected chi connectivity index (χ3v) is 5.47. The Morgan fingerprint density at radius 1 is 0.971 bits per heavy atom. The summed E-state index contributed by atoms with van der Waals surface area (Å²) in [6.07, 6.45) is 0. The molecule has 5 rings (SSSR count). The highest BCUT2D eigenvalue weighted by molar-refractivity contribution is 5.95. The van der Waals surface area contributed by atoms with Crippen LogP contribution in [0.3, 0.4) is 0 Å². The third kappa shape index (κ3) is 4.52. The molecule has 0 saturated heterocycles. The summed E-state index contributed by atoms with van der Waals surface area (Å²) in [6.45, 7) is 1.89. The highest BCUT2D eigenvalue weighted by atomic mass is 16.7. The predicted molar refractivity (Wildman–Crippen MR) is 122 cm³/mol. The number of nitrogens with one attached hydrogen (secondary N) is 2. The van der Waals surface area contributed by atoms with Crippen molar-refractivity contribution in [1.29, 1.82) is 0 Å². The van der Waals surface area contributed by atoms with Crippen LogP contribution >= 0.6 is 0 Å². The van der Waals surface area contributed by atoms with Gasteiger partial charge in [-0.25, -0.2) is 9.59 Å². The molecule has 2 N–H and O–H groups in total. The first-order valence-corrected chi connectivity index (χ1v) is 10.7. The van der Waals surface area contributed by atoms with E-state index in [1.54, 1.807) is 25.1 Å². The third-order valence-electron chi connectivity index (χ3n) is 5.47. The van der Waals surface area contributed by atoms with E-state index in [4.69, 9.17) is 18.9 Å². The first-order valence-electron chi connectivity index (χ1n) is 10.7. The Balaban J connectivity index is 1.36. The molecule has 2 heterocycles. The number of para-hydroxylation sites is 1. The van der Waals surface area contributed by atoms with Crippen LogP contribution < -0.4 is 24.8 Å². The molecule has 8 nitrogen and oxygen atoms in total. The zero-order chi connectivity index (χ0) is 23.5. The number of carbonyl (C=O) groups excluding carboxylic acids is 2. The van der Waals surface area contributed by atoms with E-state index in [1.165, 1.54) is 0 Å². The zero-order valence-corrected chi connectivity index (χ0v) is 18.4. The smallest absolute Gasteiger partial charge is 0.338 e. The van der Waals surface area contributed by atoms with Gasteiger partial charge in [-0.15, -0.1) is 0 Å². The average molecular weight is 458 g/mol. The van der Waals surface area contributed by atoms with Crippen LogP contribution in [0.1, 0.15) is 24.1 Å². The molecule has 0 unspecified atom stereocenters. The summed E-state index contributed by atoms with van der Waals surface area (Å²) in [5.74, 6) is 2.00. The molecule has 2 aliphatic rings. The summed E-state index contributed by atoms with van der Waals surface area (Å²) in [7, 11) is 0. The zero-order valence-electron chi connectivity index (χ0n) is 18.4. The second kappa shape index (κ2) is 9.19. The van der Waals surface area contributed by atoms with Gasteiger partial charge in [0.05, 0.1) is 11.6 Å². The summed E-state index contributed by atoms with van der Waals surface area (Å²) < 4.78 is 22.2. The van der Waals surface area contributed by atoms with Gasteiger partial charge in [-0.05, 0) is 54.4 Å². The van der Waals surface area contributed by atoms with Crippen molar-refractivity contribution in [2.75, 3.05) is 6.79 Å². The van der Waals surface area contributed by atoms with Gasteiger partial charge in [0.1, 0.15) is 18.1 Å². The lowest BCUT2D eigenvalue weighted by molar-refractivity contribution is -0.140. The summed E-state index contributed by atoms with van der Waals surface area (Å²) in [6, 6.07) is 20.9. The summed E-state index contributed by atoms with van der Waals surface area (Å²) in [5.41, 5.74) is 2.20. The number of benzene rings is 3. The topological polar surface area (TPSA) is 95.1 Å². The summed E-state index contributed by atoms with van der Waals surface area (Å²) in [4.78, 5) is 25.3. The van der Waals surface area contributed by atoms with Crippen molar-refractivity contribution in [1.82, 2.24) is 10.6 Å². The van der Waals surface area contributed by atoms with Gasteiger partial charge in [0.2, 0.25) is 6.79 Å². The van der Waals surface area contributed by atoms with Crippen molar-refractivity contribution in [2.45, 2.75) is 19.6 Å². The lowest BCUT2D eigenvalue weighted by atomic mass is 9.95. The molecule has 0 aromatic heterocycles. The van der Waals surface area contributed by atoms with Crippen LogP contribution in [0.2, 0.25) is 0 Å². The lowest BCUT2D eigenvalue weighted by Gasteiger charge is -2.28. The van der Waals surface area contributed by atoms with Gasteiger partial charge in [0.25, 0.3) is 0 Å². The maximum Gasteiger partial charge on any atom is 0.338 e. The minimum Gasteiger partial charge on any atom is -0.457 e. The Hall–Kier alpha value is -4.46. The van der Waals surface area contributed by atoms with Crippen molar-refractivity contribution in [3.63, 3.8) is 0 Å². The molecule has 172 valence electrons. The van der Waals surface area contributed by atoms with Gasteiger partial charge in [-0.2, -0.15) is 0 Å². The van der Waals surface area contributed by atoms with Crippen molar-refractivity contribution >= 4 is 12.0 Å². The Labute approximate surface area is 196 Å². The standard InChI is InChI=1S/C26H22N2O6/c1-16-23(25(29)31-14-17-10-11-21-22(12-17)33-15-32-21)24(28-26(30)27-16)18-6-5-9-20(13-18)34-19-7-3-2-4-8-19/h2-13,24H,14-15H2,1H3,(H2,27,28,30)/t24-/m1/s1. The molecule has 0 bridgehead atoms. The molecule has 2 aliphatic heterocycles. The normalized spacial score (nSPS) is 16.5. The monoisotopic (exact) mass is 458 g/mol. The van der Waals surface area contributed by atoms with Crippen molar-refractivity contribution in [3.05, 3.63) is 95.2 Å². The van der Waals surface area contributed by atoms with Crippen LogP contribution in [-0.2, 0) is 16.1 Å². The molecule has 3 aromatic carbocycles. The highest BCUT2D eigenvalue weighted by Crippen LogP contribution is 2.34. The molecule has 0 radical (unpaired) electrons. The van der Waals surface area contributed by atoms with Crippen LogP contribution in [0, 0.1) is 0 Å². The molecule has 1 atom stereocenters. The first-order chi connectivity index (χ1) is 16.6. The quantitative estimate of drug-likeness (QED) is 0.525. The number of fused-ring (bicyclic) bond motifs is 1. The molecular weight excluding hydrogens is 436 g/mol. The number of carbonyl (C=O) groups is 2. The van der Waals surface area contributed by atoms with Gasteiger partial charge in [-0.1, -0.05) is 36.4 Å². The van der Waals surface area contributed by atoms with E-state index in [0.29, 0.717) is 39.8 Å². The minimum atomic E-state index is -0.697. The van der Waals surface area contributed by atoms with Gasteiger partial charge >= 0.3 is 12.0 Å². The second-order valence-electron chi connectivity index (χ2n) is 7.82. The first kappa shape index (κ1) is 21.4. The second-order valence-corrected chi connectivity index (χ2v) is 7.82. The Morgan fingerprint density at radius 3 is 2.62 bits per heavy atom. The van der Waals surface area contributed by atoms with Crippen molar-refractivity contribution in [3.8, 4) is 23.0 Å². The molecule has 0 spiro atoms. The number of hydrogen-bond donors (Lipinski definition) is 2. The van der Waals surface area contributed by atoms with Crippen LogP contribution in [0.4, 0.5) is 4.79 Å². The van der Waals surface area contributed by atoms with E-state index in [9.17, 15) is 9.59 Å². The number of allylic oxidation sites excluding steroid dienone is 1. The molecule has 2 amide bonds. The maximum atomic E-state index is 13.1. The Kier molecular flexibility index (Phi) is 5.78. The number of ether oxygens (including phenoxy) is 4. The SMILES string of the molecule is CC1=C(C(=O)OCc2ccc3c(c2)OCO3)[C@@H](c2cccc(Oc3ccccc3)c2)NC(=O)N1. The fraction of sp³-hybridized carbons (Fsp3) is 0.154. The minimum absolute atomic E-state index is 0.0457. The number of urea groups is 1. The molecule has 0 fully saturated rings. The van der Waals surface area contributed by atoms with Gasteiger partial charge in [0, 0.05) is 5.70 Å². The molecule has 3 aromatic rings. The van der Waals surface area contributed by atoms with Crippen LogP contribution in [0.15, 0.2) is 84.1 Å². The van der Waals surface area contributed by atoms with Crippen LogP contribution in [0.25, 0.3) is 0 Å². The van der Waals surface area contributed by atoms with E-state index in [-0.39, 0.29) is 13.4 Å². The van der Waals surface area contributed by atoms with Crippen molar-refractivity contribution < 1.29 is 28.5 Å². The van der Waals surface area contributed by atoms with E-state index in [0.717, 1.165) is 5.56 Å². The van der Waals surface area contributed by atoms with E-state index >= 15 is 0 Å². The molecule has 34 heavy (non-hydrogen) atoms. The number of amides is 2. The van der Waals surface area contributed by atoms with Crippen LogP contribution in [-0.4, -0.2) is 18.8 Å². The molecule has 0 saturated carbocycles. The fourth-order valence-corrected chi connectivity index (χ4v) is 3.85. The summed E-state index contributed by atoms with van der Waals surface area (Å²) in [5, 5.41) is 5.47. The largest absolute Gasteiger partial charge is 0.457 e. The van der Waals surface area contributed by atoms with Gasteiger partial charge < -0.3 is 29.6 Å². The lowest BCUT2D eigenvalue weighted by Crippen LogP contribution is -2.45. The van der Waals surface area contributed by atoms with Gasteiger partial charge in [-0.3, -0.25) is 0 Å². The van der Waals surface area contributed by atoms with Crippen LogP contribution in [0.5, 0.6) is 23.0 Å². The Bertz CT molecular complexity index is 1270. The molecule has 0 aliphatic carbocycles. The number of rotatable bonds is 6.